The van der Waals surface area contributed by atoms with Gasteiger partial charge < -0.3 is 9.63 Å². The van der Waals surface area contributed by atoms with Gasteiger partial charge in [-0.05, 0) is 35.2 Å². The average Bonchev–Trinajstić information content (AvgIpc) is 3.35. The summed E-state index contributed by atoms with van der Waals surface area (Å²) in [6.45, 7) is 1.39. The molecule has 1 unspecified atom stereocenters. The van der Waals surface area contributed by atoms with E-state index in [1.807, 2.05) is 52.1 Å². The molecular weight excluding hydrogens is 350 g/mol. The minimum absolute atomic E-state index is 0.174. The van der Waals surface area contributed by atoms with Crippen LogP contribution in [-0.2, 0) is 4.79 Å². The molecule has 3 heterocycles. The maximum Gasteiger partial charge on any atom is 0.325 e. The van der Waals surface area contributed by atoms with Crippen LogP contribution in [0.1, 0.15) is 36.3 Å². The van der Waals surface area contributed by atoms with Crippen molar-refractivity contribution in [3.63, 3.8) is 0 Å². The first kappa shape index (κ1) is 16.9. The highest BCUT2D eigenvalue weighted by Crippen LogP contribution is 2.33. The van der Waals surface area contributed by atoms with Crippen molar-refractivity contribution in [1.29, 1.82) is 0 Å². The van der Waals surface area contributed by atoms with Gasteiger partial charge in [0.1, 0.15) is 6.04 Å². The van der Waals surface area contributed by atoms with Gasteiger partial charge in [-0.25, -0.2) is 0 Å². The van der Waals surface area contributed by atoms with E-state index in [9.17, 15) is 9.90 Å². The fourth-order valence-electron chi connectivity index (χ4n) is 3.45. The van der Waals surface area contributed by atoms with Crippen molar-refractivity contribution in [3.05, 3.63) is 58.6 Å². The standard InChI is InChI=1S/C19H19N3O3S/c23-19(24)16(15-8-11-26-12-15)22-9-6-14(7-10-22)18-20-17(21-25-18)13-4-2-1-3-5-13/h1-5,8,11-12,14,16H,6-7,9-10H2,(H,23,24). The van der Waals surface area contributed by atoms with Gasteiger partial charge in [0.15, 0.2) is 0 Å². The Balaban J connectivity index is 1.44. The van der Waals surface area contributed by atoms with Crippen LogP contribution in [0.4, 0.5) is 0 Å². The predicted molar refractivity (Wildman–Crippen MR) is 98.0 cm³/mol. The number of aliphatic carboxylic acids is 1. The molecule has 4 rings (SSSR count). The molecule has 0 saturated carbocycles. The number of hydrogen-bond donors (Lipinski definition) is 1. The summed E-state index contributed by atoms with van der Waals surface area (Å²) >= 11 is 1.52. The third-order valence-electron chi connectivity index (χ3n) is 4.81. The van der Waals surface area contributed by atoms with Crippen LogP contribution in [-0.4, -0.2) is 39.2 Å². The average molecular weight is 369 g/mol. The number of hydrogen-bond acceptors (Lipinski definition) is 6. The first-order chi connectivity index (χ1) is 12.7. The summed E-state index contributed by atoms with van der Waals surface area (Å²) in [7, 11) is 0. The van der Waals surface area contributed by atoms with Crippen molar-refractivity contribution in [2.75, 3.05) is 13.1 Å². The second-order valence-electron chi connectivity index (χ2n) is 6.43. The molecule has 0 bridgehead atoms. The van der Waals surface area contributed by atoms with Crippen LogP contribution >= 0.6 is 11.3 Å². The summed E-state index contributed by atoms with van der Waals surface area (Å²) in [6, 6.07) is 11.1. The summed E-state index contributed by atoms with van der Waals surface area (Å²) in [4.78, 5) is 18.3. The lowest BCUT2D eigenvalue weighted by Crippen LogP contribution is -2.39. The van der Waals surface area contributed by atoms with Gasteiger partial charge in [-0.2, -0.15) is 16.3 Å². The number of carbonyl (C=O) groups is 1. The fourth-order valence-corrected chi connectivity index (χ4v) is 4.13. The predicted octanol–water partition coefficient (Wildman–Crippen LogP) is 3.80. The maximum absolute atomic E-state index is 11.7. The van der Waals surface area contributed by atoms with E-state index < -0.39 is 12.0 Å². The monoisotopic (exact) mass is 369 g/mol. The van der Waals surface area contributed by atoms with Gasteiger partial charge in [-0.3, -0.25) is 9.69 Å². The number of carboxylic acids is 1. The van der Waals surface area contributed by atoms with E-state index in [-0.39, 0.29) is 5.92 Å². The molecule has 1 fully saturated rings. The van der Waals surface area contributed by atoms with Crippen LogP contribution in [0, 0.1) is 0 Å². The Bertz CT molecular complexity index is 855. The number of thiophene rings is 1. The van der Waals surface area contributed by atoms with Gasteiger partial charge >= 0.3 is 5.97 Å². The second kappa shape index (κ2) is 7.39. The molecule has 134 valence electrons. The van der Waals surface area contributed by atoms with E-state index in [0.29, 0.717) is 24.8 Å². The SMILES string of the molecule is O=C(O)C(c1ccsc1)N1CCC(c2nc(-c3ccccc3)no2)CC1. The molecule has 1 aliphatic rings. The second-order valence-corrected chi connectivity index (χ2v) is 7.21. The van der Waals surface area contributed by atoms with Crippen LogP contribution < -0.4 is 0 Å². The topological polar surface area (TPSA) is 79.5 Å². The summed E-state index contributed by atoms with van der Waals surface area (Å²) in [5.41, 5.74) is 1.79. The Morgan fingerprint density at radius 3 is 2.65 bits per heavy atom. The van der Waals surface area contributed by atoms with Gasteiger partial charge in [0.25, 0.3) is 0 Å². The first-order valence-electron chi connectivity index (χ1n) is 8.60. The number of piperidine rings is 1. The van der Waals surface area contributed by atoms with Crippen LogP contribution in [0.3, 0.4) is 0 Å². The molecule has 1 aliphatic heterocycles. The molecule has 0 aliphatic carbocycles. The summed E-state index contributed by atoms with van der Waals surface area (Å²) in [6.07, 6.45) is 1.62. The zero-order chi connectivity index (χ0) is 17.9. The minimum Gasteiger partial charge on any atom is -0.480 e. The lowest BCUT2D eigenvalue weighted by Gasteiger charge is -2.34. The number of likely N-dealkylation sites (tertiary alicyclic amines) is 1. The Hall–Kier alpha value is -2.51. The van der Waals surface area contributed by atoms with Gasteiger partial charge in [-0.1, -0.05) is 35.5 Å². The molecule has 7 heteroatoms. The third kappa shape index (κ3) is 3.40. The highest BCUT2D eigenvalue weighted by molar-refractivity contribution is 7.08. The Kier molecular flexibility index (Phi) is 4.81. The maximum atomic E-state index is 11.7. The summed E-state index contributed by atoms with van der Waals surface area (Å²) < 4.78 is 5.48. The lowest BCUT2D eigenvalue weighted by atomic mass is 9.94. The van der Waals surface area contributed by atoms with Crippen LogP contribution in [0.2, 0.25) is 0 Å². The van der Waals surface area contributed by atoms with Crippen molar-refractivity contribution in [2.24, 2.45) is 0 Å². The summed E-state index contributed by atoms with van der Waals surface area (Å²) in [5.74, 6) is 0.620. The largest absolute Gasteiger partial charge is 0.480 e. The van der Waals surface area contributed by atoms with Crippen molar-refractivity contribution in [3.8, 4) is 11.4 Å². The smallest absolute Gasteiger partial charge is 0.325 e. The normalized spacial score (nSPS) is 17.2. The zero-order valence-electron chi connectivity index (χ0n) is 14.1. The highest BCUT2D eigenvalue weighted by Gasteiger charge is 2.33. The quantitative estimate of drug-likeness (QED) is 0.737. The van der Waals surface area contributed by atoms with Gasteiger partial charge in [0, 0.05) is 24.6 Å². The molecule has 3 aromatic rings. The highest BCUT2D eigenvalue weighted by atomic mass is 32.1. The molecule has 26 heavy (non-hydrogen) atoms. The van der Waals surface area contributed by atoms with E-state index in [1.54, 1.807) is 0 Å². The van der Waals surface area contributed by atoms with Gasteiger partial charge in [0.05, 0.1) is 0 Å². The number of aromatic nitrogens is 2. The van der Waals surface area contributed by atoms with Crippen molar-refractivity contribution in [1.82, 2.24) is 15.0 Å². The molecule has 0 amide bonds. The molecule has 1 atom stereocenters. The van der Waals surface area contributed by atoms with E-state index in [4.69, 9.17) is 4.52 Å². The van der Waals surface area contributed by atoms with E-state index in [0.717, 1.165) is 24.0 Å². The Morgan fingerprint density at radius 1 is 1.23 bits per heavy atom. The van der Waals surface area contributed by atoms with Crippen LogP contribution in [0.5, 0.6) is 0 Å². The van der Waals surface area contributed by atoms with Crippen molar-refractivity contribution < 1.29 is 14.4 Å². The molecule has 0 radical (unpaired) electrons. The molecule has 1 saturated heterocycles. The number of nitrogens with zero attached hydrogens (tertiary/aromatic N) is 3. The Labute approximate surface area is 155 Å². The molecular formula is C19H19N3O3S. The van der Waals surface area contributed by atoms with Crippen molar-refractivity contribution >= 4 is 17.3 Å². The number of rotatable bonds is 5. The number of benzene rings is 1. The third-order valence-corrected chi connectivity index (χ3v) is 5.51. The minimum atomic E-state index is -0.800. The van der Waals surface area contributed by atoms with Gasteiger partial charge in [-0.15, -0.1) is 0 Å². The number of carboxylic acid groups (broad SMARTS) is 1. The zero-order valence-corrected chi connectivity index (χ0v) is 14.9. The van der Waals surface area contributed by atoms with Gasteiger partial charge in [0.2, 0.25) is 11.7 Å². The Morgan fingerprint density at radius 2 is 2.00 bits per heavy atom. The lowest BCUT2D eigenvalue weighted by molar-refractivity contribution is -0.144. The molecule has 0 spiro atoms. The van der Waals surface area contributed by atoms with Crippen molar-refractivity contribution in [2.45, 2.75) is 24.8 Å². The van der Waals surface area contributed by atoms with E-state index in [2.05, 4.69) is 10.1 Å². The van der Waals surface area contributed by atoms with E-state index in [1.165, 1.54) is 11.3 Å². The fraction of sp³-hybridized carbons (Fsp3) is 0.316. The van der Waals surface area contributed by atoms with Crippen LogP contribution in [0.15, 0.2) is 51.7 Å². The summed E-state index contributed by atoms with van der Waals surface area (Å²) in [5, 5.41) is 17.6. The molecule has 1 aromatic carbocycles. The molecule has 6 nitrogen and oxygen atoms in total. The van der Waals surface area contributed by atoms with Crippen LogP contribution in [0.25, 0.3) is 11.4 Å². The first-order valence-corrected chi connectivity index (χ1v) is 9.54. The molecule has 1 N–H and O–H groups in total. The van der Waals surface area contributed by atoms with E-state index >= 15 is 0 Å². The molecule has 2 aromatic heterocycles.